The van der Waals surface area contributed by atoms with Crippen LogP contribution in [0.2, 0.25) is 10.0 Å². The molecule has 0 saturated carbocycles. The number of ether oxygens (including phenoxy) is 2. The van der Waals surface area contributed by atoms with E-state index in [1.807, 2.05) is 6.07 Å². The van der Waals surface area contributed by atoms with Crippen LogP contribution in [0.15, 0.2) is 42.0 Å². The van der Waals surface area contributed by atoms with Gasteiger partial charge in [0.2, 0.25) is 0 Å². The zero-order valence-corrected chi connectivity index (χ0v) is 16.9. The Bertz CT molecular complexity index is 1010. The standard InChI is InChI=1S/C20H16Cl2N2O5/c1-11(20(26)27)29-18-12(4-3-5-17(18)28-2)8-13(10-23)19(25)24-16-7-6-14(21)9-15(16)22/h3-9,11H,1-2H3,(H,24,25)(H,26,27)/b13-8-/t11-/m0/s1. The van der Waals surface area contributed by atoms with Crippen molar-refractivity contribution in [3.8, 4) is 17.6 Å². The van der Waals surface area contributed by atoms with E-state index in [1.165, 1.54) is 32.2 Å². The first-order valence-corrected chi connectivity index (χ1v) is 8.97. The largest absolute Gasteiger partial charge is 0.493 e. The van der Waals surface area contributed by atoms with Gasteiger partial charge in [-0.15, -0.1) is 0 Å². The van der Waals surface area contributed by atoms with Gasteiger partial charge in [-0.3, -0.25) is 4.79 Å². The fourth-order valence-electron chi connectivity index (χ4n) is 2.25. The molecule has 1 atom stereocenters. The maximum atomic E-state index is 12.5. The Morgan fingerprint density at radius 1 is 1.28 bits per heavy atom. The molecule has 2 N–H and O–H groups in total. The molecule has 0 aliphatic carbocycles. The lowest BCUT2D eigenvalue weighted by molar-refractivity contribution is -0.144. The second-order valence-electron chi connectivity index (χ2n) is 5.73. The van der Waals surface area contributed by atoms with Crippen LogP contribution in [-0.4, -0.2) is 30.2 Å². The first kappa shape index (κ1) is 22.1. The minimum absolute atomic E-state index is 0.0926. The maximum Gasteiger partial charge on any atom is 0.344 e. The number of nitrogens with one attached hydrogen (secondary N) is 1. The SMILES string of the molecule is COc1cccc(/C=C(/C#N)C(=O)Nc2ccc(Cl)cc2Cl)c1O[C@@H](C)C(=O)O. The molecule has 0 unspecified atom stereocenters. The molecule has 0 saturated heterocycles. The Balaban J connectivity index is 2.40. The number of para-hydroxylation sites is 1. The van der Waals surface area contributed by atoms with E-state index in [9.17, 15) is 14.9 Å². The number of methoxy groups -OCH3 is 1. The van der Waals surface area contributed by atoms with Gasteiger partial charge in [0.15, 0.2) is 17.6 Å². The van der Waals surface area contributed by atoms with E-state index in [0.29, 0.717) is 10.6 Å². The fraction of sp³-hybridized carbons (Fsp3) is 0.150. The molecule has 1 amide bonds. The van der Waals surface area contributed by atoms with Gasteiger partial charge >= 0.3 is 5.97 Å². The smallest absolute Gasteiger partial charge is 0.344 e. The zero-order chi connectivity index (χ0) is 21.6. The highest BCUT2D eigenvalue weighted by atomic mass is 35.5. The molecule has 0 heterocycles. The minimum Gasteiger partial charge on any atom is -0.493 e. The van der Waals surface area contributed by atoms with Crippen LogP contribution in [0, 0.1) is 11.3 Å². The molecule has 29 heavy (non-hydrogen) atoms. The average molecular weight is 435 g/mol. The molecule has 0 aromatic heterocycles. The summed E-state index contributed by atoms with van der Waals surface area (Å²) >= 11 is 11.9. The number of carboxylic acid groups (broad SMARTS) is 1. The molecular formula is C20H16Cl2N2O5. The number of aliphatic carboxylic acids is 1. The topological polar surface area (TPSA) is 109 Å². The van der Waals surface area contributed by atoms with Crippen molar-refractivity contribution >= 4 is 46.8 Å². The monoisotopic (exact) mass is 434 g/mol. The predicted molar refractivity (Wildman–Crippen MR) is 109 cm³/mol. The van der Waals surface area contributed by atoms with E-state index in [4.69, 9.17) is 37.8 Å². The summed E-state index contributed by atoms with van der Waals surface area (Å²) in [6.45, 7) is 1.35. The van der Waals surface area contributed by atoms with Gasteiger partial charge in [0.05, 0.1) is 17.8 Å². The second kappa shape index (κ2) is 9.82. The van der Waals surface area contributed by atoms with Crippen molar-refractivity contribution in [3.63, 3.8) is 0 Å². The van der Waals surface area contributed by atoms with Crippen LogP contribution in [0.4, 0.5) is 5.69 Å². The number of hydrogen-bond donors (Lipinski definition) is 2. The summed E-state index contributed by atoms with van der Waals surface area (Å²) in [4.78, 5) is 23.7. The quantitative estimate of drug-likeness (QED) is 0.493. The van der Waals surface area contributed by atoms with Gasteiger partial charge in [-0.1, -0.05) is 35.3 Å². The molecule has 0 bridgehead atoms. The molecular weight excluding hydrogens is 419 g/mol. The molecule has 0 spiro atoms. The summed E-state index contributed by atoms with van der Waals surface area (Å²) in [5.74, 6) is -1.54. The van der Waals surface area contributed by atoms with Crippen LogP contribution in [0.1, 0.15) is 12.5 Å². The summed E-state index contributed by atoms with van der Waals surface area (Å²) in [7, 11) is 1.39. The summed E-state index contributed by atoms with van der Waals surface area (Å²) < 4.78 is 10.7. The van der Waals surface area contributed by atoms with E-state index >= 15 is 0 Å². The highest BCUT2D eigenvalue weighted by molar-refractivity contribution is 6.36. The Kier molecular flexibility index (Phi) is 7.48. The first-order valence-electron chi connectivity index (χ1n) is 8.21. The number of halogens is 2. The number of anilines is 1. The van der Waals surface area contributed by atoms with Gasteiger partial charge < -0.3 is 19.9 Å². The number of hydrogen-bond acceptors (Lipinski definition) is 5. The summed E-state index contributed by atoms with van der Waals surface area (Å²) in [5.41, 5.74) is 0.326. The van der Waals surface area contributed by atoms with Crippen LogP contribution in [0.5, 0.6) is 11.5 Å². The molecule has 9 heteroatoms. The molecule has 0 aliphatic rings. The highest BCUT2D eigenvalue weighted by Crippen LogP contribution is 2.34. The fourth-order valence-corrected chi connectivity index (χ4v) is 2.70. The van der Waals surface area contributed by atoms with E-state index in [1.54, 1.807) is 24.3 Å². The number of rotatable bonds is 7. The first-order chi connectivity index (χ1) is 13.8. The lowest BCUT2D eigenvalue weighted by Gasteiger charge is -2.16. The van der Waals surface area contributed by atoms with Crippen molar-refractivity contribution in [1.82, 2.24) is 0 Å². The number of carbonyl (C=O) groups is 2. The number of nitriles is 1. The Hall–Kier alpha value is -3.21. The highest BCUT2D eigenvalue weighted by Gasteiger charge is 2.19. The second-order valence-corrected chi connectivity index (χ2v) is 6.57. The van der Waals surface area contributed by atoms with Crippen LogP contribution in [0.3, 0.4) is 0 Å². The third-order valence-corrected chi connectivity index (χ3v) is 4.26. The van der Waals surface area contributed by atoms with E-state index in [0.717, 1.165) is 0 Å². The van der Waals surface area contributed by atoms with Crippen LogP contribution in [-0.2, 0) is 9.59 Å². The number of nitrogens with zero attached hydrogens (tertiary/aromatic N) is 1. The van der Waals surface area contributed by atoms with Crippen molar-refractivity contribution in [3.05, 3.63) is 57.6 Å². The number of carbonyl (C=O) groups excluding carboxylic acids is 1. The third-order valence-electron chi connectivity index (χ3n) is 3.72. The number of carboxylic acids is 1. The van der Waals surface area contributed by atoms with Crippen molar-refractivity contribution in [2.75, 3.05) is 12.4 Å². The Morgan fingerprint density at radius 3 is 2.59 bits per heavy atom. The molecule has 150 valence electrons. The van der Waals surface area contributed by atoms with Crippen molar-refractivity contribution in [1.29, 1.82) is 5.26 Å². The third kappa shape index (κ3) is 5.64. The molecule has 7 nitrogen and oxygen atoms in total. The minimum atomic E-state index is -1.18. The summed E-state index contributed by atoms with van der Waals surface area (Å²) in [5, 5.41) is 21.7. The van der Waals surface area contributed by atoms with Crippen LogP contribution in [0.25, 0.3) is 6.08 Å². The maximum absolute atomic E-state index is 12.5. The van der Waals surface area contributed by atoms with Gasteiger partial charge in [-0.05, 0) is 37.3 Å². The van der Waals surface area contributed by atoms with E-state index in [2.05, 4.69) is 5.32 Å². The molecule has 0 fully saturated rings. The lowest BCUT2D eigenvalue weighted by atomic mass is 10.1. The predicted octanol–water partition coefficient (Wildman–Crippen LogP) is 4.40. The number of benzene rings is 2. The number of amides is 1. The molecule has 0 aliphatic heterocycles. The van der Waals surface area contributed by atoms with Crippen LogP contribution < -0.4 is 14.8 Å². The Morgan fingerprint density at radius 2 is 2.00 bits per heavy atom. The average Bonchev–Trinajstić information content (AvgIpc) is 2.68. The van der Waals surface area contributed by atoms with Gasteiger partial charge in [0.25, 0.3) is 5.91 Å². The van der Waals surface area contributed by atoms with Gasteiger partial charge in [-0.25, -0.2) is 4.79 Å². The van der Waals surface area contributed by atoms with Crippen LogP contribution >= 0.6 is 23.2 Å². The van der Waals surface area contributed by atoms with Gasteiger partial charge in [0, 0.05) is 10.6 Å². The summed E-state index contributed by atoms with van der Waals surface area (Å²) in [6, 6.07) is 11.1. The van der Waals surface area contributed by atoms with Gasteiger partial charge in [-0.2, -0.15) is 5.26 Å². The zero-order valence-electron chi connectivity index (χ0n) is 15.4. The van der Waals surface area contributed by atoms with Gasteiger partial charge in [0.1, 0.15) is 11.6 Å². The Labute approximate surface area is 177 Å². The van der Waals surface area contributed by atoms with Crippen molar-refractivity contribution < 1.29 is 24.2 Å². The van der Waals surface area contributed by atoms with Crippen molar-refractivity contribution in [2.45, 2.75) is 13.0 Å². The molecule has 2 rings (SSSR count). The summed E-state index contributed by atoms with van der Waals surface area (Å²) in [6.07, 6.45) is 0.0941. The van der Waals surface area contributed by atoms with E-state index < -0.39 is 18.0 Å². The normalized spacial score (nSPS) is 11.9. The van der Waals surface area contributed by atoms with E-state index in [-0.39, 0.29) is 27.8 Å². The molecule has 2 aromatic rings. The molecule has 2 aromatic carbocycles. The lowest BCUT2D eigenvalue weighted by Crippen LogP contribution is -2.23. The molecule has 0 radical (unpaired) electrons. The van der Waals surface area contributed by atoms with Crippen molar-refractivity contribution in [2.24, 2.45) is 0 Å².